The largest absolute Gasteiger partial charge is 0.362 e. The van der Waals surface area contributed by atoms with Crippen LogP contribution in [0.15, 0.2) is 24.3 Å². The molecule has 116 valence electrons. The number of nitrogens with zero attached hydrogens (tertiary/aromatic N) is 1. The fourth-order valence-electron chi connectivity index (χ4n) is 2.81. The standard InChI is InChI=1S/C17H27N3S/c1-14-6-8-16(9-7-14)19-17(21)18-10-4-12-20-11-3-5-15(2)13-20/h6-9,15H,3-5,10-13H2,1-2H3,(H2,18,19,21)/t15-/m0/s1. The van der Waals surface area contributed by atoms with Gasteiger partial charge in [0.2, 0.25) is 0 Å². The fraction of sp³-hybridized carbons (Fsp3) is 0.588. The molecule has 0 bridgehead atoms. The van der Waals surface area contributed by atoms with Crippen molar-refractivity contribution < 1.29 is 0 Å². The van der Waals surface area contributed by atoms with Crippen LogP contribution in [0.5, 0.6) is 0 Å². The second-order valence-electron chi connectivity index (χ2n) is 6.15. The maximum Gasteiger partial charge on any atom is 0.170 e. The summed E-state index contributed by atoms with van der Waals surface area (Å²) in [6.45, 7) is 9.06. The summed E-state index contributed by atoms with van der Waals surface area (Å²) in [5, 5.41) is 7.23. The molecule has 1 aliphatic heterocycles. The van der Waals surface area contributed by atoms with Crippen molar-refractivity contribution in [3.63, 3.8) is 0 Å². The Bertz CT molecular complexity index is 444. The molecular weight excluding hydrogens is 278 g/mol. The minimum atomic E-state index is 0.714. The molecule has 0 unspecified atom stereocenters. The quantitative estimate of drug-likeness (QED) is 0.644. The van der Waals surface area contributed by atoms with Gasteiger partial charge in [0.25, 0.3) is 0 Å². The van der Waals surface area contributed by atoms with Gasteiger partial charge in [-0.3, -0.25) is 0 Å². The number of piperidine rings is 1. The van der Waals surface area contributed by atoms with Crippen molar-refractivity contribution in [1.82, 2.24) is 10.2 Å². The van der Waals surface area contributed by atoms with Gasteiger partial charge in [-0.15, -0.1) is 0 Å². The van der Waals surface area contributed by atoms with Crippen molar-refractivity contribution in [1.29, 1.82) is 0 Å². The second kappa shape index (κ2) is 8.35. The summed E-state index contributed by atoms with van der Waals surface area (Å²) in [7, 11) is 0. The summed E-state index contributed by atoms with van der Waals surface area (Å²) in [6.07, 6.45) is 3.88. The Balaban J connectivity index is 1.59. The van der Waals surface area contributed by atoms with E-state index in [2.05, 4.69) is 53.6 Å². The van der Waals surface area contributed by atoms with Crippen molar-refractivity contribution >= 4 is 23.0 Å². The Hall–Kier alpha value is -1.13. The van der Waals surface area contributed by atoms with Crippen LogP contribution in [-0.2, 0) is 0 Å². The van der Waals surface area contributed by atoms with Crippen LogP contribution in [0.3, 0.4) is 0 Å². The lowest BCUT2D eigenvalue weighted by molar-refractivity contribution is 0.182. The average Bonchev–Trinajstić information content (AvgIpc) is 2.46. The molecule has 1 heterocycles. The average molecular weight is 305 g/mol. The van der Waals surface area contributed by atoms with Gasteiger partial charge in [0, 0.05) is 18.8 Å². The molecule has 0 amide bonds. The number of nitrogens with one attached hydrogen (secondary N) is 2. The van der Waals surface area contributed by atoms with E-state index in [1.54, 1.807) is 0 Å². The lowest BCUT2D eigenvalue weighted by atomic mass is 10.0. The van der Waals surface area contributed by atoms with Gasteiger partial charge < -0.3 is 15.5 Å². The Kier molecular flexibility index (Phi) is 6.46. The lowest BCUT2D eigenvalue weighted by Crippen LogP contribution is -2.37. The molecule has 2 N–H and O–H groups in total. The van der Waals surface area contributed by atoms with Crippen molar-refractivity contribution in [2.45, 2.75) is 33.1 Å². The van der Waals surface area contributed by atoms with Crippen LogP contribution >= 0.6 is 12.2 Å². The number of thiocarbonyl (C=S) groups is 1. The molecule has 3 nitrogen and oxygen atoms in total. The number of hydrogen-bond acceptors (Lipinski definition) is 2. The Morgan fingerprint density at radius 3 is 2.81 bits per heavy atom. The Labute approximate surface area is 134 Å². The highest BCUT2D eigenvalue weighted by atomic mass is 32.1. The summed E-state index contributed by atoms with van der Waals surface area (Å²) in [6, 6.07) is 8.28. The first-order chi connectivity index (χ1) is 10.1. The number of benzene rings is 1. The monoisotopic (exact) mass is 305 g/mol. The van der Waals surface area contributed by atoms with Crippen LogP contribution in [-0.4, -0.2) is 36.2 Å². The van der Waals surface area contributed by atoms with Gasteiger partial charge >= 0.3 is 0 Å². The molecule has 1 aromatic carbocycles. The first-order valence-electron chi connectivity index (χ1n) is 7.97. The highest BCUT2D eigenvalue weighted by molar-refractivity contribution is 7.80. The van der Waals surface area contributed by atoms with Crippen LogP contribution in [0.2, 0.25) is 0 Å². The molecule has 0 aliphatic carbocycles. The number of aryl methyl sites for hydroxylation is 1. The van der Waals surface area contributed by atoms with Crippen LogP contribution in [0.1, 0.15) is 31.7 Å². The first-order valence-corrected chi connectivity index (χ1v) is 8.38. The van der Waals surface area contributed by atoms with Crippen molar-refractivity contribution in [3.05, 3.63) is 29.8 Å². The number of anilines is 1. The van der Waals surface area contributed by atoms with E-state index in [9.17, 15) is 0 Å². The highest BCUT2D eigenvalue weighted by Gasteiger charge is 2.15. The molecule has 21 heavy (non-hydrogen) atoms. The van der Waals surface area contributed by atoms with E-state index in [0.717, 1.165) is 24.6 Å². The molecule has 1 aromatic rings. The number of likely N-dealkylation sites (tertiary alicyclic amines) is 1. The van der Waals surface area contributed by atoms with Gasteiger partial charge in [-0.05, 0) is 69.5 Å². The summed E-state index contributed by atoms with van der Waals surface area (Å²) < 4.78 is 0. The van der Waals surface area contributed by atoms with E-state index >= 15 is 0 Å². The second-order valence-corrected chi connectivity index (χ2v) is 6.56. The van der Waals surface area contributed by atoms with Gasteiger partial charge in [0.1, 0.15) is 0 Å². The molecule has 0 aromatic heterocycles. The zero-order valence-corrected chi connectivity index (χ0v) is 14.0. The Morgan fingerprint density at radius 1 is 1.33 bits per heavy atom. The maximum atomic E-state index is 5.32. The normalized spacial score (nSPS) is 19.2. The zero-order valence-electron chi connectivity index (χ0n) is 13.2. The molecule has 1 aliphatic rings. The van der Waals surface area contributed by atoms with E-state index in [1.807, 2.05) is 0 Å². The van der Waals surface area contributed by atoms with Crippen LogP contribution < -0.4 is 10.6 Å². The van der Waals surface area contributed by atoms with Crippen molar-refractivity contribution in [2.75, 3.05) is 31.5 Å². The number of rotatable bonds is 5. The van der Waals surface area contributed by atoms with Gasteiger partial charge in [-0.2, -0.15) is 0 Å². The van der Waals surface area contributed by atoms with Gasteiger partial charge in [0.05, 0.1) is 0 Å². The lowest BCUT2D eigenvalue weighted by Gasteiger charge is -2.30. The molecule has 2 rings (SSSR count). The summed E-state index contributed by atoms with van der Waals surface area (Å²) in [5.74, 6) is 0.857. The maximum absolute atomic E-state index is 5.32. The zero-order chi connectivity index (χ0) is 15.1. The Morgan fingerprint density at radius 2 is 2.10 bits per heavy atom. The number of hydrogen-bond donors (Lipinski definition) is 2. The third kappa shape index (κ3) is 6.02. The molecule has 1 atom stereocenters. The molecule has 0 saturated carbocycles. The third-order valence-corrected chi connectivity index (χ3v) is 4.23. The van der Waals surface area contributed by atoms with Crippen LogP contribution in [0.4, 0.5) is 5.69 Å². The predicted molar refractivity (Wildman–Crippen MR) is 94.9 cm³/mol. The summed E-state index contributed by atoms with van der Waals surface area (Å²) in [5.41, 5.74) is 2.30. The first kappa shape index (κ1) is 16.2. The van der Waals surface area contributed by atoms with E-state index < -0.39 is 0 Å². The highest BCUT2D eigenvalue weighted by Crippen LogP contribution is 2.15. The van der Waals surface area contributed by atoms with Gasteiger partial charge in [0.15, 0.2) is 5.11 Å². The van der Waals surface area contributed by atoms with Gasteiger partial charge in [-0.25, -0.2) is 0 Å². The van der Waals surface area contributed by atoms with E-state index in [-0.39, 0.29) is 0 Å². The molecular formula is C17H27N3S. The minimum absolute atomic E-state index is 0.714. The fourth-order valence-corrected chi connectivity index (χ4v) is 3.03. The van der Waals surface area contributed by atoms with Gasteiger partial charge in [-0.1, -0.05) is 24.6 Å². The van der Waals surface area contributed by atoms with Crippen molar-refractivity contribution in [3.8, 4) is 0 Å². The molecule has 4 heteroatoms. The van der Waals surface area contributed by atoms with Crippen molar-refractivity contribution in [2.24, 2.45) is 5.92 Å². The molecule has 0 radical (unpaired) electrons. The third-order valence-electron chi connectivity index (χ3n) is 3.99. The topological polar surface area (TPSA) is 27.3 Å². The minimum Gasteiger partial charge on any atom is -0.362 e. The molecule has 0 spiro atoms. The smallest absolute Gasteiger partial charge is 0.170 e. The predicted octanol–water partition coefficient (Wildman–Crippen LogP) is 3.40. The molecule has 1 fully saturated rings. The van der Waals surface area contributed by atoms with Crippen LogP contribution in [0.25, 0.3) is 0 Å². The van der Waals surface area contributed by atoms with E-state index in [0.29, 0.717) is 5.11 Å². The van der Waals surface area contributed by atoms with E-state index in [1.165, 1.54) is 38.0 Å². The SMILES string of the molecule is Cc1ccc(NC(=S)NCCCN2CCC[C@H](C)C2)cc1. The van der Waals surface area contributed by atoms with Crippen LogP contribution in [0, 0.1) is 12.8 Å². The van der Waals surface area contributed by atoms with E-state index in [4.69, 9.17) is 12.2 Å². The summed E-state index contributed by atoms with van der Waals surface area (Å²) in [4.78, 5) is 2.58. The summed E-state index contributed by atoms with van der Waals surface area (Å²) >= 11 is 5.32. The molecule has 1 saturated heterocycles.